The molecule has 0 amide bonds. The van der Waals surface area contributed by atoms with Crippen molar-refractivity contribution in [2.45, 2.75) is 34.1 Å². The lowest BCUT2D eigenvalue weighted by molar-refractivity contribution is -0.142. The van der Waals surface area contributed by atoms with Crippen molar-refractivity contribution in [2.75, 3.05) is 11.9 Å². The zero-order valence-electron chi connectivity index (χ0n) is 12.9. The van der Waals surface area contributed by atoms with Gasteiger partial charge in [0.1, 0.15) is 12.1 Å². The number of hydrogen-bond acceptors (Lipinski definition) is 4. The number of aromatic nitrogens is 3. The first-order valence-electron chi connectivity index (χ1n) is 7.03. The Morgan fingerprint density at radius 2 is 2.14 bits per heavy atom. The van der Waals surface area contributed by atoms with Crippen LogP contribution in [0.2, 0.25) is 0 Å². The molecule has 6 heteroatoms. The summed E-state index contributed by atoms with van der Waals surface area (Å²) in [6, 6.07) is 3.87. The number of nitrogens with zero attached hydrogens (tertiary/aromatic N) is 3. The molecule has 2 N–H and O–H groups in total. The molecule has 0 spiro atoms. The largest absolute Gasteiger partial charge is 0.481 e. The molecule has 0 aliphatic rings. The Morgan fingerprint density at radius 1 is 1.43 bits per heavy atom. The number of carboxylic acids is 1. The smallest absolute Gasteiger partial charge is 0.308 e. The third-order valence-electron chi connectivity index (χ3n) is 3.26. The SMILES string of the molecule is Cc1cc(NCC(CC(C)(C)C)C(=O)O)n2ncnc2c1. The van der Waals surface area contributed by atoms with Gasteiger partial charge in [0.25, 0.3) is 0 Å². The number of hydrogen-bond donors (Lipinski definition) is 2. The van der Waals surface area contributed by atoms with Gasteiger partial charge < -0.3 is 10.4 Å². The summed E-state index contributed by atoms with van der Waals surface area (Å²) in [6.45, 7) is 8.48. The van der Waals surface area contributed by atoms with Gasteiger partial charge in [0.2, 0.25) is 0 Å². The molecule has 21 heavy (non-hydrogen) atoms. The second-order valence-electron chi connectivity index (χ2n) is 6.63. The third kappa shape index (κ3) is 3.93. The standard InChI is InChI=1S/C15H22N4O2/c1-10-5-12(19-13(6-10)17-9-18-19)16-8-11(14(20)21)7-15(2,3)4/h5-6,9,11,16H,7-8H2,1-4H3,(H,20,21). The van der Waals surface area contributed by atoms with Gasteiger partial charge in [-0.3, -0.25) is 4.79 Å². The molecule has 2 heterocycles. The lowest BCUT2D eigenvalue weighted by Crippen LogP contribution is -2.28. The van der Waals surface area contributed by atoms with E-state index in [9.17, 15) is 9.90 Å². The number of pyridine rings is 1. The monoisotopic (exact) mass is 290 g/mol. The normalized spacial score (nSPS) is 13.3. The molecule has 0 aliphatic carbocycles. The minimum absolute atomic E-state index is 0.0279. The average molecular weight is 290 g/mol. The Morgan fingerprint density at radius 3 is 2.76 bits per heavy atom. The number of carbonyl (C=O) groups is 1. The molecule has 6 nitrogen and oxygen atoms in total. The Kier molecular flexibility index (Phi) is 4.16. The number of fused-ring (bicyclic) bond motifs is 1. The first kappa shape index (κ1) is 15.3. The molecule has 2 aromatic heterocycles. The van der Waals surface area contributed by atoms with Crippen molar-refractivity contribution in [1.82, 2.24) is 14.6 Å². The van der Waals surface area contributed by atoms with E-state index in [2.05, 4.69) is 15.4 Å². The quantitative estimate of drug-likeness (QED) is 0.884. The first-order valence-corrected chi connectivity index (χ1v) is 7.03. The zero-order valence-corrected chi connectivity index (χ0v) is 12.9. The minimum Gasteiger partial charge on any atom is -0.481 e. The molecule has 0 radical (unpaired) electrons. The summed E-state index contributed by atoms with van der Waals surface area (Å²) in [5.41, 5.74) is 1.78. The van der Waals surface area contributed by atoms with Crippen molar-refractivity contribution in [3.63, 3.8) is 0 Å². The summed E-state index contributed by atoms with van der Waals surface area (Å²) in [7, 11) is 0. The lowest BCUT2D eigenvalue weighted by atomic mass is 9.84. The van der Waals surface area contributed by atoms with Gasteiger partial charge in [0.05, 0.1) is 5.92 Å². The molecular weight excluding hydrogens is 268 g/mol. The van der Waals surface area contributed by atoms with Crippen LogP contribution < -0.4 is 5.32 Å². The van der Waals surface area contributed by atoms with E-state index in [0.717, 1.165) is 17.0 Å². The molecule has 1 unspecified atom stereocenters. The van der Waals surface area contributed by atoms with Crippen molar-refractivity contribution < 1.29 is 9.90 Å². The Labute approximate surface area is 124 Å². The number of aliphatic carboxylic acids is 1. The van der Waals surface area contributed by atoms with Crippen molar-refractivity contribution in [3.8, 4) is 0 Å². The van der Waals surface area contributed by atoms with Crippen LogP contribution in [-0.2, 0) is 4.79 Å². The van der Waals surface area contributed by atoms with Crippen LogP contribution >= 0.6 is 0 Å². The predicted molar refractivity (Wildman–Crippen MR) is 81.4 cm³/mol. The number of rotatable bonds is 5. The minimum atomic E-state index is -0.778. The third-order valence-corrected chi connectivity index (χ3v) is 3.26. The van der Waals surface area contributed by atoms with Crippen molar-refractivity contribution in [3.05, 3.63) is 24.0 Å². The van der Waals surface area contributed by atoms with Crippen LogP contribution in [0.25, 0.3) is 5.65 Å². The van der Waals surface area contributed by atoms with Crippen LogP contribution in [0, 0.1) is 18.3 Å². The van der Waals surface area contributed by atoms with Gasteiger partial charge in [0, 0.05) is 6.54 Å². The number of aryl methyl sites for hydroxylation is 1. The molecular formula is C15H22N4O2. The fraction of sp³-hybridized carbons (Fsp3) is 0.533. The van der Waals surface area contributed by atoms with Crippen LogP contribution in [0.1, 0.15) is 32.8 Å². The molecule has 0 saturated carbocycles. The molecule has 0 aliphatic heterocycles. The summed E-state index contributed by atoms with van der Waals surface area (Å²) in [5.74, 6) is -0.452. The van der Waals surface area contributed by atoms with E-state index < -0.39 is 11.9 Å². The highest BCUT2D eigenvalue weighted by atomic mass is 16.4. The molecule has 0 aromatic carbocycles. The highest BCUT2D eigenvalue weighted by Crippen LogP contribution is 2.25. The van der Waals surface area contributed by atoms with E-state index in [1.165, 1.54) is 6.33 Å². The van der Waals surface area contributed by atoms with Crippen LogP contribution in [0.5, 0.6) is 0 Å². The van der Waals surface area contributed by atoms with Crippen molar-refractivity contribution in [2.24, 2.45) is 11.3 Å². The first-order chi connectivity index (χ1) is 9.76. The average Bonchev–Trinajstić information content (AvgIpc) is 2.80. The van der Waals surface area contributed by atoms with Crippen LogP contribution in [0.4, 0.5) is 5.82 Å². The maximum absolute atomic E-state index is 11.4. The summed E-state index contributed by atoms with van der Waals surface area (Å²) in [4.78, 5) is 15.6. The van der Waals surface area contributed by atoms with Crippen molar-refractivity contribution in [1.29, 1.82) is 0 Å². The molecule has 2 aromatic rings. The van der Waals surface area contributed by atoms with E-state index in [4.69, 9.17) is 0 Å². The highest BCUT2D eigenvalue weighted by molar-refractivity contribution is 5.71. The van der Waals surface area contributed by atoms with E-state index >= 15 is 0 Å². The number of nitrogens with one attached hydrogen (secondary N) is 1. The van der Waals surface area contributed by atoms with Crippen LogP contribution in [-0.4, -0.2) is 32.2 Å². The zero-order chi connectivity index (χ0) is 15.6. The molecule has 0 bridgehead atoms. The van der Waals surface area contributed by atoms with Gasteiger partial charge >= 0.3 is 5.97 Å². The molecule has 0 saturated heterocycles. The second kappa shape index (κ2) is 5.71. The summed E-state index contributed by atoms with van der Waals surface area (Å²) >= 11 is 0. The van der Waals surface area contributed by atoms with Gasteiger partial charge in [-0.2, -0.15) is 9.61 Å². The fourth-order valence-electron chi connectivity index (χ4n) is 2.40. The summed E-state index contributed by atoms with van der Waals surface area (Å²) < 4.78 is 1.68. The predicted octanol–water partition coefficient (Wildman–Crippen LogP) is 2.59. The van der Waals surface area contributed by atoms with Gasteiger partial charge in [-0.15, -0.1) is 0 Å². The van der Waals surface area contributed by atoms with Crippen LogP contribution in [0.3, 0.4) is 0 Å². The van der Waals surface area contributed by atoms with Crippen molar-refractivity contribution >= 4 is 17.4 Å². The van der Waals surface area contributed by atoms with E-state index in [1.54, 1.807) is 4.52 Å². The Hall–Kier alpha value is -2.11. The van der Waals surface area contributed by atoms with Gasteiger partial charge in [-0.05, 0) is 36.5 Å². The summed E-state index contributed by atoms with van der Waals surface area (Å²) in [5, 5.41) is 16.7. The van der Waals surface area contributed by atoms with Gasteiger partial charge in [0.15, 0.2) is 5.65 Å². The van der Waals surface area contributed by atoms with Gasteiger partial charge in [-0.25, -0.2) is 4.98 Å². The molecule has 114 valence electrons. The molecule has 1 atom stereocenters. The fourth-order valence-corrected chi connectivity index (χ4v) is 2.40. The molecule has 0 fully saturated rings. The maximum Gasteiger partial charge on any atom is 0.308 e. The Balaban J connectivity index is 2.16. The van der Waals surface area contributed by atoms with E-state index in [0.29, 0.717) is 13.0 Å². The van der Waals surface area contributed by atoms with E-state index in [1.807, 2.05) is 39.8 Å². The van der Waals surface area contributed by atoms with Gasteiger partial charge in [-0.1, -0.05) is 20.8 Å². The molecule has 2 rings (SSSR count). The van der Waals surface area contributed by atoms with E-state index in [-0.39, 0.29) is 5.41 Å². The topological polar surface area (TPSA) is 79.5 Å². The second-order valence-corrected chi connectivity index (χ2v) is 6.63. The lowest BCUT2D eigenvalue weighted by Gasteiger charge is -2.23. The number of carboxylic acid groups (broad SMARTS) is 1. The summed E-state index contributed by atoms with van der Waals surface area (Å²) in [6.07, 6.45) is 2.10. The maximum atomic E-state index is 11.4. The number of anilines is 1. The Bertz CT molecular complexity index is 643. The highest BCUT2D eigenvalue weighted by Gasteiger charge is 2.24. The van der Waals surface area contributed by atoms with Crippen LogP contribution in [0.15, 0.2) is 18.5 Å².